The molecular weight excluding hydrogens is 363 g/mol. The van der Waals surface area contributed by atoms with Crippen LogP contribution < -0.4 is 18.9 Å². The maximum atomic E-state index is 6.06. The monoisotopic (exact) mass is 380 g/mol. The highest BCUT2D eigenvalue weighted by Gasteiger charge is 2.18. The van der Waals surface area contributed by atoms with E-state index in [2.05, 4.69) is 0 Å². The van der Waals surface area contributed by atoms with E-state index < -0.39 is 0 Å². The minimum Gasteiger partial charge on any atom is -0.489 e. The second kappa shape index (κ2) is 7.89. The molecule has 1 aliphatic rings. The molecule has 6 heteroatoms. The Morgan fingerprint density at radius 2 is 1.84 bits per heavy atom. The van der Waals surface area contributed by atoms with Crippen LogP contribution in [0.2, 0.25) is 0 Å². The topological polar surface area (TPSA) is 36.9 Å². The van der Waals surface area contributed by atoms with Gasteiger partial charge in [0.1, 0.15) is 41.6 Å². The molecule has 0 radical (unpaired) electrons. The zero-order chi connectivity index (χ0) is 17.8. The van der Waals surface area contributed by atoms with Gasteiger partial charge in [-0.3, -0.25) is 0 Å². The Bertz CT molecular complexity index is 798. The molecule has 0 spiro atoms. The summed E-state index contributed by atoms with van der Waals surface area (Å²) in [7, 11) is 0. The average molecular weight is 381 g/mol. The molecule has 0 saturated carbocycles. The summed E-state index contributed by atoms with van der Waals surface area (Å²) >= 11 is 11.1. The van der Waals surface area contributed by atoms with Crippen molar-refractivity contribution in [3.05, 3.63) is 52.0 Å². The van der Waals surface area contributed by atoms with E-state index in [0.29, 0.717) is 19.8 Å². The maximum absolute atomic E-state index is 6.06. The van der Waals surface area contributed by atoms with Crippen molar-refractivity contribution in [3.8, 4) is 28.7 Å². The maximum Gasteiger partial charge on any atom is 0.167 e. The molecule has 0 aromatic heterocycles. The van der Waals surface area contributed by atoms with Gasteiger partial charge in [0.05, 0.1) is 0 Å². The van der Waals surface area contributed by atoms with Crippen molar-refractivity contribution in [3.63, 3.8) is 0 Å². The number of halogens is 2. The molecule has 132 valence electrons. The number of fused-ring (bicyclic) bond motifs is 1. The van der Waals surface area contributed by atoms with Gasteiger partial charge in [-0.25, -0.2) is 0 Å². The van der Waals surface area contributed by atoms with Gasteiger partial charge in [-0.05, 0) is 55.8 Å². The van der Waals surface area contributed by atoms with Crippen LogP contribution in [0.15, 0.2) is 40.9 Å². The summed E-state index contributed by atoms with van der Waals surface area (Å²) in [6.07, 6.45) is 1.58. The second-order valence-electron chi connectivity index (χ2n) is 5.55. The number of ether oxygens (including phenoxy) is 4. The number of aryl methyl sites for hydroxylation is 1. The summed E-state index contributed by atoms with van der Waals surface area (Å²) in [4.78, 5) is 0. The third-order valence-electron chi connectivity index (χ3n) is 3.76. The molecule has 0 amide bonds. The molecule has 2 aromatic rings. The number of hydrogen-bond donors (Lipinski definition) is 0. The minimum absolute atomic E-state index is 0.186. The van der Waals surface area contributed by atoms with Crippen molar-refractivity contribution in [1.82, 2.24) is 0 Å². The first-order valence-corrected chi connectivity index (χ1v) is 8.62. The van der Waals surface area contributed by atoms with Gasteiger partial charge in [0.25, 0.3) is 0 Å². The van der Waals surface area contributed by atoms with Gasteiger partial charge in [0, 0.05) is 5.56 Å². The zero-order valence-corrected chi connectivity index (χ0v) is 15.5. The van der Waals surface area contributed by atoms with E-state index in [1.54, 1.807) is 6.08 Å². The Labute approximate surface area is 156 Å². The van der Waals surface area contributed by atoms with E-state index in [0.717, 1.165) is 39.9 Å². The molecule has 0 N–H and O–H groups in total. The van der Waals surface area contributed by atoms with Crippen molar-refractivity contribution >= 4 is 23.2 Å². The quantitative estimate of drug-likeness (QED) is 0.679. The number of benzene rings is 2. The molecule has 0 aliphatic carbocycles. The van der Waals surface area contributed by atoms with Crippen molar-refractivity contribution in [2.24, 2.45) is 0 Å². The Kier molecular flexibility index (Phi) is 5.61. The van der Waals surface area contributed by atoms with E-state index in [4.69, 9.17) is 42.1 Å². The average Bonchev–Trinajstić information content (AvgIpc) is 2.59. The van der Waals surface area contributed by atoms with Crippen molar-refractivity contribution in [2.75, 3.05) is 19.8 Å². The summed E-state index contributed by atoms with van der Waals surface area (Å²) < 4.78 is 23.1. The lowest BCUT2D eigenvalue weighted by atomic mass is 10.1. The molecule has 0 saturated heterocycles. The van der Waals surface area contributed by atoms with Crippen molar-refractivity contribution < 1.29 is 18.9 Å². The number of hydrogen-bond acceptors (Lipinski definition) is 4. The van der Waals surface area contributed by atoms with Crippen molar-refractivity contribution in [2.45, 2.75) is 13.8 Å². The predicted molar refractivity (Wildman–Crippen MR) is 98.7 cm³/mol. The number of rotatable bonds is 5. The van der Waals surface area contributed by atoms with Gasteiger partial charge < -0.3 is 18.9 Å². The first kappa shape index (κ1) is 17.8. The fraction of sp³-hybridized carbons (Fsp3) is 0.263. The molecule has 1 aliphatic heterocycles. The molecule has 25 heavy (non-hydrogen) atoms. The van der Waals surface area contributed by atoms with Gasteiger partial charge in [0.15, 0.2) is 11.5 Å². The molecule has 4 nitrogen and oxygen atoms in total. The standard InChI is InChI=1S/C19H18Cl2O4/c1-12-11-14(22-8-7-18(20)21)3-4-15(12)25-16-5-6-17-19(13(16)2)24-10-9-23-17/h3-7,11H,8-10H2,1-2H3. The van der Waals surface area contributed by atoms with Gasteiger partial charge in [-0.15, -0.1) is 0 Å². The molecule has 1 heterocycles. The van der Waals surface area contributed by atoms with Crippen LogP contribution in [-0.4, -0.2) is 19.8 Å². The van der Waals surface area contributed by atoms with Gasteiger partial charge in [0.2, 0.25) is 0 Å². The lowest BCUT2D eigenvalue weighted by Gasteiger charge is -2.22. The molecule has 2 aromatic carbocycles. The normalized spacial score (nSPS) is 12.5. The highest BCUT2D eigenvalue weighted by molar-refractivity contribution is 6.55. The third kappa shape index (κ3) is 4.33. The van der Waals surface area contributed by atoms with E-state index in [1.807, 2.05) is 44.2 Å². The lowest BCUT2D eigenvalue weighted by molar-refractivity contribution is 0.169. The molecule has 0 atom stereocenters. The van der Waals surface area contributed by atoms with Crippen LogP contribution in [0.25, 0.3) is 0 Å². The molecule has 3 rings (SSSR count). The molecular formula is C19H18Cl2O4. The fourth-order valence-corrected chi connectivity index (χ4v) is 2.62. The molecule has 0 unspecified atom stereocenters. The minimum atomic E-state index is 0.186. The van der Waals surface area contributed by atoms with Gasteiger partial charge in [-0.1, -0.05) is 23.2 Å². The molecule has 0 bridgehead atoms. The summed E-state index contributed by atoms with van der Waals surface area (Å²) in [6, 6.07) is 9.36. The van der Waals surface area contributed by atoms with E-state index in [9.17, 15) is 0 Å². The van der Waals surface area contributed by atoms with Crippen LogP contribution >= 0.6 is 23.2 Å². The van der Waals surface area contributed by atoms with E-state index >= 15 is 0 Å². The third-order valence-corrected chi connectivity index (χ3v) is 4.07. The summed E-state index contributed by atoms with van der Waals surface area (Å²) in [6.45, 7) is 5.33. The SMILES string of the molecule is Cc1cc(OCC=C(Cl)Cl)ccc1Oc1ccc2c(c1C)OCCO2. The Morgan fingerprint density at radius 1 is 1.08 bits per heavy atom. The molecule has 0 fully saturated rings. The van der Waals surface area contributed by atoms with Crippen LogP contribution in [0.5, 0.6) is 28.7 Å². The second-order valence-corrected chi connectivity index (χ2v) is 6.55. The van der Waals surface area contributed by atoms with Gasteiger partial charge >= 0.3 is 0 Å². The summed E-state index contributed by atoms with van der Waals surface area (Å²) in [5, 5.41) is 0. The Balaban J connectivity index is 1.76. The summed E-state index contributed by atoms with van der Waals surface area (Å²) in [5.74, 6) is 3.69. The highest BCUT2D eigenvalue weighted by atomic mass is 35.5. The Hall–Kier alpha value is -2.04. The van der Waals surface area contributed by atoms with Crippen molar-refractivity contribution in [1.29, 1.82) is 0 Å². The van der Waals surface area contributed by atoms with Crippen LogP contribution in [0.4, 0.5) is 0 Å². The zero-order valence-electron chi connectivity index (χ0n) is 14.0. The van der Waals surface area contributed by atoms with Gasteiger partial charge in [-0.2, -0.15) is 0 Å². The summed E-state index contributed by atoms with van der Waals surface area (Å²) in [5.41, 5.74) is 1.87. The Morgan fingerprint density at radius 3 is 2.60 bits per heavy atom. The van der Waals surface area contributed by atoms with E-state index in [-0.39, 0.29) is 4.49 Å². The largest absolute Gasteiger partial charge is 0.489 e. The van der Waals surface area contributed by atoms with E-state index in [1.165, 1.54) is 0 Å². The fourth-order valence-electron chi connectivity index (χ4n) is 2.49. The smallest absolute Gasteiger partial charge is 0.167 e. The van der Waals surface area contributed by atoms with Crippen LogP contribution in [0.3, 0.4) is 0 Å². The first-order chi connectivity index (χ1) is 12.0. The van der Waals surface area contributed by atoms with Crippen LogP contribution in [-0.2, 0) is 0 Å². The predicted octanol–water partition coefficient (Wildman–Crippen LogP) is 5.56. The first-order valence-electron chi connectivity index (χ1n) is 7.86. The van der Waals surface area contributed by atoms with Crippen LogP contribution in [0, 0.1) is 13.8 Å². The highest BCUT2D eigenvalue weighted by Crippen LogP contribution is 2.40. The lowest BCUT2D eigenvalue weighted by Crippen LogP contribution is -2.16. The van der Waals surface area contributed by atoms with Crippen LogP contribution in [0.1, 0.15) is 11.1 Å².